The average Bonchev–Trinajstić information content (AvgIpc) is 2.41. The zero-order valence-electron chi connectivity index (χ0n) is 12.9. The molecule has 112 valence electrons. The largest absolute Gasteiger partial charge is 0.313 e. The van der Waals surface area contributed by atoms with E-state index in [0.717, 1.165) is 12.0 Å². The van der Waals surface area contributed by atoms with Gasteiger partial charge in [0.15, 0.2) is 0 Å². The van der Waals surface area contributed by atoms with Gasteiger partial charge in [0.05, 0.1) is 10.0 Å². The quantitative estimate of drug-likeness (QED) is 0.792. The summed E-state index contributed by atoms with van der Waals surface area (Å²) in [5.41, 5.74) is 6.33. The van der Waals surface area contributed by atoms with Crippen molar-refractivity contribution in [3.63, 3.8) is 0 Å². The van der Waals surface area contributed by atoms with E-state index >= 15 is 0 Å². The summed E-state index contributed by atoms with van der Waals surface area (Å²) in [5, 5.41) is 4.68. The zero-order chi connectivity index (χ0) is 15.6. The molecular weight excluding hydrogens is 301 g/mol. The van der Waals surface area contributed by atoms with Gasteiger partial charge in [0.25, 0.3) is 0 Å². The maximum absolute atomic E-state index is 6.33. The molecule has 0 saturated carbocycles. The second kappa shape index (κ2) is 6.83. The van der Waals surface area contributed by atoms with Crippen molar-refractivity contribution in [1.82, 2.24) is 5.32 Å². The van der Waals surface area contributed by atoms with Gasteiger partial charge in [-0.15, -0.1) is 0 Å². The standard InChI is InChI=1S/C18H21Cl2N/c1-11-8-12(2)17(13(3)9-11)16(21-4)10-14-6-5-7-15(19)18(14)20/h5-9,16,21H,10H2,1-4H3. The van der Waals surface area contributed by atoms with Gasteiger partial charge in [0, 0.05) is 6.04 Å². The van der Waals surface area contributed by atoms with Crippen molar-refractivity contribution in [3.8, 4) is 0 Å². The Morgan fingerprint density at radius 2 is 1.67 bits per heavy atom. The molecule has 0 fully saturated rings. The number of nitrogens with one attached hydrogen (secondary N) is 1. The van der Waals surface area contributed by atoms with E-state index in [4.69, 9.17) is 23.2 Å². The van der Waals surface area contributed by atoms with Crippen molar-refractivity contribution in [2.45, 2.75) is 33.2 Å². The molecule has 1 atom stereocenters. The van der Waals surface area contributed by atoms with E-state index in [1.54, 1.807) is 0 Å². The van der Waals surface area contributed by atoms with Gasteiger partial charge in [-0.3, -0.25) is 0 Å². The van der Waals surface area contributed by atoms with Crippen LogP contribution in [-0.2, 0) is 6.42 Å². The zero-order valence-corrected chi connectivity index (χ0v) is 14.4. The minimum Gasteiger partial charge on any atom is -0.313 e. The van der Waals surface area contributed by atoms with Crippen LogP contribution in [0.25, 0.3) is 0 Å². The van der Waals surface area contributed by atoms with Crippen molar-refractivity contribution < 1.29 is 0 Å². The lowest BCUT2D eigenvalue weighted by molar-refractivity contribution is 0.585. The van der Waals surface area contributed by atoms with Crippen LogP contribution in [0.5, 0.6) is 0 Å². The molecule has 0 aromatic heterocycles. The number of aryl methyl sites for hydroxylation is 3. The Kier molecular flexibility index (Phi) is 5.32. The third-order valence-corrected chi connectivity index (χ3v) is 4.75. The fraction of sp³-hybridized carbons (Fsp3) is 0.333. The van der Waals surface area contributed by atoms with E-state index in [1.165, 1.54) is 22.3 Å². The Hall–Kier alpha value is -1.02. The van der Waals surface area contributed by atoms with Crippen LogP contribution in [0.4, 0.5) is 0 Å². The second-order valence-electron chi connectivity index (χ2n) is 5.57. The summed E-state index contributed by atoms with van der Waals surface area (Å²) in [6.45, 7) is 6.46. The summed E-state index contributed by atoms with van der Waals surface area (Å²) < 4.78 is 0. The summed E-state index contributed by atoms with van der Waals surface area (Å²) in [4.78, 5) is 0. The first-order valence-corrected chi connectivity index (χ1v) is 7.87. The summed E-state index contributed by atoms with van der Waals surface area (Å²) in [6, 6.07) is 10.5. The van der Waals surface area contributed by atoms with E-state index in [2.05, 4.69) is 38.2 Å². The Labute approximate surface area is 137 Å². The van der Waals surface area contributed by atoms with Crippen LogP contribution in [0.3, 0.4) is 0 Å². The van der Waals surface area contributed by atoms with Gasteiger partial charge in [-0.25, -0.2) is 0 Å². The van der Waals surface area contributed by atoms with Crippen molar-refractivity contribution >= 4 is 23.2 Å². The lowest BCUT2D eigenvalue weighted by atomic mass is 9.90. The number of benzene rings is 2. The monoisotopic (exact) mass is 321 g/mol. The first-order valence-electron chi connectivity index (χ1n) is 7.12. The molecule has 0 radical (unpaired) electrons. The SMILES string of the molecule is CNC(Cc1cccc(Cl)c1Cl)c1c(C)cc(C)cc1C. The highest BCUT2D eigenvalue weighted by Gasteiger charge is 2.17. The number of halogens is 2. The van der Waals surface area contributed by atoms with E-state index in [-0.39, 0.29) is 6.04 Å². The van der Waals surface area contributed by atoms with E-state index < -0.39 is 0 Å². The predicted octanol–water partition coefficient (Wildman–Crippen LogP) is 5.42. The van der Waals surface area contributed by atoms with Gasteiger partial charge >= 0.3 is 0 Å². The van der Waals surface area contributed by atoms with Gasteiger partial charge in [-0.05, 0) is 62.6 Å². The molecule has 0 spiro atoms. The average molecular weight is 322 g/mol. The summed E-state index contributed by atoms with van der Waals surface area (Å²) >= 11 is 12.4. The Balaban J connectivity index is 2.39. The van der Waals surface area contributed by atoms with Crippen LogP contribution in [-0.4, -0.2) is 7.05 Å². The summed E-state index contributed by atoms with van der Waals surface area (Å²) in [7, 11) is 1.99. The molecule has 2 rings (SSSR count). The first kappa shape index (κ1) is 16.4. The molecule has 0 aliphatic heterocycles. The molecule has 2 aromatic rings. The van der Waals surface area contributed by atoms with Gasteiger partial charge < -0.3 is 5.32 Å². The van der Waals surface area contributed by atoms with Crippen LogP contribution in [0.15, 0.2) is 30.3 Å². The highest BCUT2D eigenvalue weighted by atomic mass is 35.5. The summed E-state index contributed by atoms with van der Waals surface area (Å²) in [6.07, 6.45) is 0.820. The van der Waals surface area contributed by atoms with E-state index in [0.29, 0.717) is 10.0 Å². The molecule has 0 saturated heterocycles. The molecule has 0 heterocycles. The molecule has 1 nitrogen and oxygen atoms in total. The Morgan fingerprint density at radius 1 is 1.05 bits per heavy atom. The van der Waals surface area contributed by atoms with Crippen molar-refractivity contribution in [3.05, 3.63) is 68.2 Å². The molecule has 1 unspecified atom stereocenters. The third-order valence-electron chi connectivity index (χ3n) is 3.89. The normalized spacial score (nSPS) is 12.5. The fourth-order valence-electron chi connectivity index (χ4n) is 3.02. The maximum atomic E-state index is 6.33. The smallest absolute Gasteiger partial charge is 0.0624 e. The first-order chi connectivity index (χ1) is 9.93. The molecule has 1 N–H and O–H groups in total. The van der Waals surface area contributed by atoms with Gasteiger partial charge in [-0.2, -0.15) is 0 Å². The molecule has 0 aliphatic carbocycles. The minimum atomic E-state index is 0.224. The third kappa shape index (κ3) is 3.60. The topological polar surface area (TPSA) is 12.0 Å². The van der Waals surface area contributed by atoms with Crippen LogP contribution in [0.2, 0.25) is 10.0 Å². The minimum absolute atomic E-state index is 0.224. The van der Waals surface area contributed by atoms with Crippen molar-refractivity contribution in [2.24, 2.45) is 0 Å². The fourth-order valence-corrected chi connectivity index (χ4v) is 3.41. The van der Waals surface area contributed by atoms with Crippen LogP contribution < -0.4 is 5.32 Å². The molecule has 0 aliphatic rings. The van der Waals surface area contributed by atoms with Crippen molar-refractivity contribution in [1.29, 1.82) is 0 Å². The van der Waals surface area contributed by atoms with E-state index in [1.807, 2.05) is 25.2 Å². The van der Waals surface area contributed by atoms with Crippen molar-refractivity contribution in [2.75, 3.05) is 7.05 Å². The second-order valence-corrected chi connectivity index (χ2v) is 6.36. The van der Waals surface area contributed by atoms with Gasteiger partial charge in [0.2, 0.25) is 0 Å². The number of likely N-dealkylation sites (N-methyl/N-ethyl adjacent to an activating group) is 1. The number of rotatable bonds is 4. The lowest BCUT2D eigenvalue weighted by Crippen LogP contribution is -2.21. The van der Waals surface area contributed by atoms with Crippen LogP contribution in [0, 0.1) is 20.8 Å². The van der Waals surface area contributed by atoms with Crippen LogP contribution in [0.1, 0.15) is 33.9 Å². The molecule has 21 heavy (non-hydrogen) atoms. The lowest BCUT2D eigenvalue weighted by Gasteiger charge is -2.22. The Bertz CT molecular complexity index is 627. The highest BCUT2D eigenvalue weighted by molar-refractivity contribution is 6.42. The Morgan fingerprint density at radius 3 is 2.24 bits per heavy atom. The molecule has 0 amide bonds. The number of hydrogen-bond acceptors (Lipinski definition) is 1. The van der Waals surface area contributed by atoms with Crippen LogP contribution >= 0.6 is 23.2 Å². The summed E-state index contributed by atoms with van der Waals surface area (Å²) in [5.74, 6) is 0. The predicted molar refractivity (Wildman–Crippen MR) is 92.6 cm³/mol. The van der Waals surface area contributed by atoms with Gasteiger partial charge in [-0.1, -0.05) is 53.0 Å². The molecular formula is C18H21Cl2N. The molecule has 3 heteroatoms. The maximum Gasteiger partial charge on any atom is 0.0624 e. The highest BCUT2D eigenvalue weighted by Crippen LogP contribution is 2.31. The molecule has 2 aromatic carbocycles. The number of hydrogen-bond donors (Lipinski definition) is 1. The van der Waals surface area contributed by atoms with E-state index in [9.17, 15) is 0 Å². The molecule has 0 bridgehead atoms. The van der Waals surface area contributed by atoms with Gasteiger partial charge in [0.1, 0.15) is 0 Å².